The number of carbonyl (C=O) groups excluding carboxylic acids is 1. The Morgan fingerprint density at radius 1 is 1.29 bits per heavy atom. The Bertz CT molecular complexity index is 520. The summed E-state index contributed by atoms with van der Waals surface area (Å²) in [6.07, 6.45) is 4.86. The number of piperidine rings is 1. The van der Waals surface area contributed by atoms with Crippen LogP contribution in [-0.2, 0) is 0 Å². The van der Waals surface area contributed by atoms with Crippen LogP contribution in [0.3, 0.4) is 0 Å². The van der Waals surface area contributed by atoms with Gasteiger partial charge < -0.3 is 10.2 Å². The molecule has 1 saturated heterocycles. The largest absolute Gasteiger partial charge is 0.338 e. The van der Waals surface area contributed by atoms with Crippen molar-refractivity contribution in [3.05, 3.63) is 34.3 Å². The summed E-state index contributed by atoms with van der Waals surface area (Å²) in [6, 6.07) is 6.22. The predicted octanol–water partition coefficient (Wildman–Crippen LogP) is 3.25. The number of halogens is 1. The third-order valence-corrected chi connectivity index (χ3v) is 4.84. The van der Waals surface area contributed by atoms with Crippen molar-refractivity contribution < 1.29 is 4.79 Å². The quantitative estimate of drug-likeness (QED) is 0.926. The number of rotatable bonds is 4. The van der Waals surface area contributed by atoms with E-state index in [0.717, 1.165) is 44.0 Å². The van der Waals surface area contributed by atoms with Crippen molar-refractivity contribution in [1.29, 1.82) is 0 Å². The molecule has 3 nitrogen and oxygen atoms in total. The minimum Gasteiger partial charge on any atom is -0.338 e. The maximum Gasteiger partial charge on any atom is 0.255 e. The lowest BCUT2D eigenvalue weighted by Gasteiger charge is -2.32. The van der Waals surface area contributed by atoms with Crippen LogP contribution >= 0.6 is 11.6 Å². The molecule has 0 spiro atoms. The molecule has 1 aliphatic heterocycles. The Labute approximate surface area is 131 Å². The summed E-state index contributed by atoms with van der Waals surface area (Å²) in [7, 11) is 0. The van der Waals surface area contributed by atoms with Crippen LogP contribution < -0.4 is 5.32 Å². The first-order valence-corrected chi connectivity index (χ1v) is 8.30. The van der Waals surface area contributed by atoms with Crippen LogP contribution in [0.15, 0.2) is 18.2 Å². The summed E-state index contributed by atoms with van der Waals surface area (Å²) < 4.78 is 0. The van der Waals surface area contributed by atoms with Crippen LogP contribution in [0.4, 0.5) is 0 Å². The van der Waals surface area contributed by atoms with E-state index < -0.39 is 0 Å². The summed E-state index contributed by atoms with van der Waals surface area (Å²) in [6.45, 7) is 4.79. The van der Waals surface area contributed by atoms with Gasteiger partial charge >= 0.3 is 0 Å². The zero-order valence-electron chi connectivity index (χ0n) is 12.6. The first-order chi connectivity index (χ1) is 10.1. The number of amides is 1. The smallest absolute Gasteiger partial charge is 0.255 e. The van der Waals surface area contributed by atoms with Crippen molar-refractivity contribution >= 4 is 17.5 Å². The summed E-state index contributed by atoms with van der Waals surface area (Å²) >= 11 is 6.20. The van der Waals surface area contributed by atoms with Gasteiger partial charge in [-0.25, -0.2) is 0 Å². The van der Waals surface area contributed by atoms with Crippen molar-refractivity contribution in [1.82, 2.24) is 10.2 Å². The molecule has 0 unspecified atom stereocenters. The fourth-order valence-electron chi connectivity index (χ4n) is 2.91. The number of nitrogens with one attached hydrogen (secondary N) is 1. The molecule has 1 amide bonds. The second-order valence-electron chi connectivity index (χ2n) is 6.40. The molecular formula is C17H23ClN2O. The van der Waals surface area contributed by atoms with Crippen molar-refractivity contribution in [3.8, 4) is 0 Å². The summed E-state index contributed by atoms with van der Waals surface area (Å²) in [4.78, 5) is 14.5. The lowest BCUT2D eigenvalue weighted by atomic mass is 10.0. The van der Waals surface area contributed by atoms with E-state index in [0.29, 0.717) is 16.6 Å². The molecule has 2 aliphatic rings. The van der Waals surface area contributed by atoms with Gasteiger partial charge in [-0.15, -0.1) is 0 Å². The molecule has 1 saturated carbocycles. The summed E-state index contributed by atoms with van der Waals surface area (Å²) in [5, 5.41) is 4.20. The Morgan fingerprint density at radius 3 is 2.62 bits per heavy atom. The van der Waals surface area contributed by atoms with E-state index in [-0.39, 0.29) is 5.91 Å². The number of hydrogen-bond donors (Lipinski definition) is 1. The maximum absolute atomic E-state index is 12.5. The number of likely N-dealkylation sites (tertiary alicyclic amines) is 1. The van der Waals surface area contributed by atoms with Gasteiger partial charge in [0.25, 0.3) is 5.91 Å². The summed E-state index contributed by atoms with van der Waals surface area (Å²) in [5.74, 6) is 0.983. The molecule has 1 N–H and O–H groups in total. The van der Waals surface area contributed by atoms with E-state index in [1.54, 1.807) is 0 Å². The second kappa shape index (κ2) is 6.37. The first-order valence-electron chi connectivity index (χ1n) is 7.92. The molecule has 2 fully saturated rings. The van der Waals surface area contributed by atoms with Gasteiger partial charge in [0.15, 0.2) is 0 Å². The average molecular weight is 307 g/mol. The SMILES string of the molecule is Cc1ccc(C(=O)N2CCC(NCC3CC3)CC2)c(Cl)c1. The zero-order valence-corrected chi connectivity index (χ0v) is 13.3. The molecule has 3 rings (SSSR count). The molecular weight excluding hydrogens is 284 g/mol. The van der Waals surface area contributed by atoms with E-state index in [1.807, 2.05) is 30.0 Å². The lowest BCUT2D eigenvalue weighted by Crippen LogP contribution is -2.45. The van der Waals surface area contributed by atoms with Crippen LogP contribution in [0.5, 0.6) is 0 Å². The first kappa shape index (κ1) is 14.9. The van der Waals surface area contributed by atoms with Crippen LogP contribution in [0.25, 0.3) is 0 Å². The molecule has 0 radical (unpaired) electrons. The van der Waals surface area contributed by atoms with Gasteiger partial charge in [0.05, 0.1) is 10.6 Å². The second-order valence-corrected chi connectivity index (χ2v) is 6.81. The minimum atomic E-state index is 0.0700. The number of aryl methyl sites for hydroxylation is 1. The van der Waals surface area contributed by atoms with Gasteiger partial charge in [0.2, 0.25) is 0 Å². The zero-order chi connectivity index (χ0) is 14.8. The molecule has 1 aromatic rings. The highest BCUT2D eigenvalue weighted by Crippen LogP contribution is 2.28. The van der Waals surface area contributed by atoms with Crippen molar-refractivity contribution in [3.63, 3.8) is 0 Å². The Balaban J connectivity index is 1.54. The Morgan fingerprint density at radius 2 is 2.00 bits per heavy atom. The van der Waals surface area contributed by atoms with Crippen LogP contribution in [0.1, 0.15) is 41.6 Å². The van der Waals surface area contributed by atoms with Crippen molar-refractivity contribution in [2.75, 3.05) is 19.6 Å². The van der Waals surface area contributed by atoms with Gasteiger partial charge in [-0.3, -0.25) is 4.79 Å². The predicted molar refractivity (Wildman–Crippen MR) is 85.8 cm³/mol. The molecule has 114 valence electrons. The molecule has 4 heteroatoms. The highest BCUT2D eigenvalue weighted by Gasteiger charge is 2.26. The van der Waals surface area contributed by atoms with Crippen LogP contribution in [0, 0.1) is 12.8 Å². The van der Waals surface area contributed by atoms with Gasteiger partial charge in [0, 0.05) is 19.1 Å². The number of benzene rings is 1. The van der Waals surface area contributed by atoms with E-state index in [4.69, 9.17) is 11.6 Å². The number of hydrogen-bond acceptors (Lipinski definition) is 2. The molecule has 1 aliphatic carbocycles. The monoisotopic (exact) mass is 306 g/mol. The van der Waals surface area contributed by atoms with Gasteiger partial charge in [-0.2, -0.15) is 0 Å². The lowest BCUT2D eigenvalue weighted by molar-refractivity contribution is 0.0705. The topological polar surface area (TPSA) is 32.3 Å². The van der Waals surface area contributed by atoms with E-state index >= 15 is 0 Å². The van der Waals surface area contributed by atoms with Gasteiger partial charge in [-0.05, 0) is 62.8 Å². The van der Waals surface area contributed by atoms with E-state index in [9.17, 15) is 4.79 Å². The molecule has 1 heterocycles. The van der Waals surface area contributed by atoms with Gasteiger partial charge in [-0.1, -0.05) is 17.7 Å². The summed E-state index contributed by atoms with van der Waals surface area (Å²) in [5.41, 5.74) is 1.71. The van der Waals surface area contributed by atoms with Crippen LogP contribution in [-0.4, -0.2) is 36.5 Å². The van der Waals surface area contributed by atoms with Crippen LogP contribution in [0.2, 0.25) is 5.02 Å². The molecule has 0 atom stereocenters. The molecule has 1 aromatic carbocycles. The standard InChI is InChI=1S/C17H23ClN2O/c1-12-2-5-15(16(18)10-12)17(21)20-8-6-14(7-9-20)19-11-13-3-4-13/h2,5,10,13-14,19H,3-4,6-9,11H2,1H3. The van der Waals surface area contributed by atoms with E-state index in [1.165, 1.54) is 12.8 Å². The fraction of sp³-hybridized carbons (Fsp3) is 0.588. The van der Waals surface area contributed by atoms with Crippen molar-refractivity contribution in [2.24, 2.45) is 5.92 Å². The average Bonchev–Trinajstić information content (AvgIpc) is 3.29. The third-order valence-electron chi connectivity index (χ3n) is 4.53. The van der Waals surface area contributed by atoms with E-state index in [2.05, 4.69) is 5.32 Å². The number of nitrogens with zero attached hydrogens (tertiary/aromatic N) is 1. The normalized spacial score (nSPS) is 19.8. The van der Waals surface area contributed by atoms with Gasteiger partial charge in [0.1, 0.15) is 0 Å². The Kier molecular flexibility index (Phi) is 4.51. The number of carbonyl (C=O) groups is 1. The third kappa shape index (κ3) is 3.78. The van der Waals surface area contributed by atoms with Crippen molar-refractivity contribution in [2.45, 2.75) is 38.6 Å². The highest BCUT2D eigenvalue weighted by atomic mass is 35.5. The minimum absolute atomic E-state index is 0.0700. The maximum atomic E-state index is 12.5. The fourth-order valence-corrected chi connectivity index (χ4v) is 3.22. The Hall–Kier alpha value is -1.06. The molecule has 0 bridgehead atoms. The molecule has 0 aromatic heterocycles. The molecule has 21 heavy (non-hydrogen) atoms. The highest BCUT2D eigenvalue weighted by molar-refractivity contribution is 6.33.